The van der Waals surface area contributed by atoms with Gasteiger partial charge in [-0.15, -0.1) is 0 Å². The third kappa shape index (κ3) is 2.64. The van der Waals surface area contributed by atoms with E-state index >= 15 is 0 Å². The lowest BCUT2D eigenvalue weighted by molar-refractivity contribution is -0.128. The summed E-state index contributed by atoms with van der Waals surface area (Å²) in [6.45, 7) is 2.78. The maximum absolute atomic E-state index is 12.8. The molecule has 1 aromatic rings. The van der Waals surface area contributed by atoms with Gasteiger partial charge < -0.3 is 4.90 Å². The van der Waals surface area contributed by atoms with Gasteiger partial charge in [0.1, 0.15) is 5.82 Å². The number of hydrogen-bond acceptors (Lipinski definition) is 2. The Morgan fingerprint density at radius 3 is 2.59 bits per heavy atom. The fourth-order valence-corrected chi connectivity index (χ4v) is 2.13. The number of carbonyl (C=O) groups excluding carboxylic acids is 1. The van der Waals surface area contributed by atoms with Gasteiger partial charge in [0.25, 0.3) is 0 Å². The van der Waals surface area contributed by atoms with Crippen molar-refractivity contribution in [2.75, 3.05) is 13.6 Å². The second-order valence-corrected chi connectivity index (χ2v) is 4.54. The fourth-order valence-electron chi connectivity index (χ4n) is 2.13. The molecule has 1 heterocycles. The van der Waals surface area contributed by atoms with Gasteiger partial charge in [-0.1, -0.05) is 12.1 Å². The average Bonchev–Trinajstić information content (AvgIpc) is 2.62. The van der Waals surface area contributed by atoms with Crippen LogP contribution in [0.5, 0.6) is 0 Å². The Morgan fingerprint density at radius 2 is 2.06 bits per heavy atom. The highest BCUT2D eigenvalue weighted by atomic mass is 19.1. The first-order chi connectivity index (χ1) is 8.08. The lowest BCUT2D eigenvalue weighted by Gasteiger charge is -2.18. The maximum Gasteiger partial charge on any atom is 0.239 e. The van der Waals surface area contributed by atoms with Crippen LogP contribution in [-0.2, 0) is 4.79 Å². The van der Waals surface area contributed by atoms with Gasteiger partial charge in [-0.25, -0.2) is 4.39 Å². The Hall–Kier alpha value is -1.42. The monoisotopic (exact) mass is 236 g/mol. The highest BCUT2D eigenvalue weighted by Gasteiger charge is 2.29. The quantitative estimate of drug-likeness (QED) is 0.866. The molecule has 0 spiro atoms. The summed E-state index contributed by atoms with van der Waals surface area (Å²) in [5.41, 5.74) is 0.994. The van der Waals surface area contributed by atoms with Crippen LogP contribution in [0.15, 0.2) is 24.3 Å². The molecule has 1 aliphatic rings. The van der Waals surface area contributed by atoms with Crippen molar-refractivity contribution < 1.29 is 9.18 Å². The standard InChI is InChI=1S/C13H17FN2O/c1-9(10-3-5-11(14)6-4-10)15-12-7-8-16(2)13(12)17/h3-6,9,12,15H,7-8H2,1-2H3/t9-,12?/m0/s1. The van der Waals surface area contributed by atoms with E-state index in [0.717, 1.165) is 18.5 Å². The summed E-state index contributed by atoms with van der Waals surface area (Å²) in [4.78, 5) is 13.5. The van der Waals surface area contributed by atoms with Crippen LogP contribution in [0.3, 0.4) is 0 Å². The van der Waals surface area contributed by atoms with Crippen molar-refractivity contribution in [3.63, 3.8) is 0 Å². The first-order valence-corrected chi connectivity index (χ1v) is 5.84. The minimum absolute atomic E-state index is 0.0519. The Kier molecular flexibility index (Phi) is 3.43. The SMILES string of the molecule is C[C@H](NC1CCN(C)C1=O)c1ccc(F)cc1. The molecule has 0 bridgehead atoms. The summed E-state index contributed by atoms with van der Waals surface area (Å²) in [6.07, 6.45) is 0.834. The smallest absolute Gasteiger partial charge is 0.239 e. The molecule has 0 aliphatic carbocycles. The van der Waals surface area contributed by atoms with E-state index in [2.05, 4.69) is 5.32 Å². The molecule has 3 nitrogen and oxygen atoms in total. The molecule has 0 aromatic heterocycles. The van der Waals surface area contributed by atoms with Crippen molar-refractivity contribution in [3.05, 3.63) is 35.6 Å². The topological polar surface area (TPSA) is 32.3 Å². The van der Waals surface area contributed by atoms with E-state index in [4.69, 9.17) is 0 Å². The van der Waals surface area contributed by atoms with Crippen molar-refractivity contribution in [2.45, 2.75) is 25.4 Å². The largest absolute Gasteiger partial charge is 0.344 e. The van der Waals surface area contributed by atoms with Gasteiger partial charge in [-0.3, -0.25) is 10.1 Å². The molecule has 1 amide bonds. The Morgan fingerprint density at radius 1 is 1.41 bits per heavy atom. The highest BCUT2D eigenvalue weighted by Crippen LogP contribution is 2.17. The molecular formula is C13H17FN2O. The second-order valence-electron chi connectivity index (χ2n) is 4.54. The number of hydrogen-bond donors (Lipinski definition) is 1. The Balaban J connectivity index is 1.99. The number of nitrogens with one attached hydrogen (secondary N) is 1. The molecular weight excluding hydrogens is 219 g/mol. The molecule has 17 heavy (non-hydrogen) atoms. The minimum Gasteiger partial charge on any atom is -0.344 e. The van der Waals surface area contributed by atoms with E-state index in [1.54, 1.807) is 17.0 Å². The molecule has 1 N–H and O–H groups in total. The van der Waals surface area contributed by atoms with Crippen LogP contribution in [0.25, 0.3) is 0 Å². The first kappa shape index (κ1) is 12.0. The van der Waals surface area contributed by atoms with Gasteiger partial charge >= 0.3 is 0 Å². The number of likely N-dealkylation sites (tertiary alicyclic amines) is 1. The van der Waals surface area contributed by atoms with Crippen LogP contribution < -0.4 is 5.32 Å². The van der Waals surface area contributed by atoms with Crippen molar-refractivity contribution in [3.8, 4) is 0 Å². The van der Waals surface area contributed by atoms with Gasteiger partial charge in [0, 0.05) is 19.6 Å². The van der Waals surface area contributed by atoms with Crippen LogP contribution in [-0.4, -0.2) is 30.4 Å². The number of carbonyl (C=O) groups is 1. The number of halogens is 1. The van der Waals surface area contributed by atoms with E-state index in [-0.39, 0.29) is 23.8 Å². The van der Waals surface area contributed by atoms with Crippen LogP contribution in [0.1, 0.15) is 24.9 Å². The molecule has 0 radical (unpaired) electrons. The molecule has 1 fully saturated rings. The van der Waals surface area contributed by atoms with Crippen LogP contribution in [0.2, 0.25) is 0 Å². The maximum atomic E-state index is 12.8. The average molecular weight is 236 g/mol. The summed E-state index contributed by atoms with van der Waals surface area (Å²) in [6, 6.07) is 6.31. The zero-order valence-corrected chi connectivity index (χ0v) is 10.1. The minimum atomic E-state index is -0.238. The van der Waals surface area contributed by atoms with Gasteiger partial charge in [0.05, 0.1) is 6.04 Å². The molecule has 1 aromatic carbocycles. The van der Waals surface area contributed by atoms with Crippen LogP contribution in [0, 0.1) is 5.82 Å². The highest BCUT2D eigenvalue weighted by molar-refractivity contribution is 5.83. The number of nitrogens with zero attached hydrogens (tertiary/aromatic N) is 1. The number of amides is 1. The van der Waals surface area contributed by atoms with Crippen molar-refractivity contribution in [2.24, 2.45) is 0 Å². The lowest BCUT2D eigenvalue weighted by atomic mass is 10.1. The molecule has 92 valence electrons. The third-order valence-corrected chi connectivity index (χ3v) is 3.25. The number of likely N-dealkylation sites (N-methyl/N-ethyl adjacent to an activating group) is 1. The number of benzene rings is 1. The van der Waals surface area contributed by atoms with E-state index < -0.39 is 0 Å². The number of rotatable bonds is 3. The van der Waals surface area contributed by atoms with Crippen LogP contribution in [0.4, 0.5) is 4.39 Å². The van der Waals surface area contributed by atoms with Crippen molar-refractivity contribution in [1.82, 2.24) is 10.2 Å². The van der Waals surface area contributed by atoms with Gasteiger partial charge in [0.2, 0.25) is 5.91 Å². The Labute approximate surface area is 101 Å². The normalized spacial score (nSPS) is 21.9. The van der Waals surface area contributed by atoms with Crippen molar-refractivity contribution >= 4 is 5.91 Å². The van der Waals surface area contributed by atoms with Gasteiger partial charge in [-0.2, -0.15) is 0 Å². The molecule has 2 rings (SSSR count). The summed E-state index contributed by atoms with van der Waals surface area (Å²) < 4.78 is 12.8. The van der Waals surface area contributed by atoms with E-state index in [0.29, 0.717) is 0 Å². The van der Waals surface area contributed by atoms with Gasteiger partial charge in [0.15, 0.2) is 0 Å². The molecule has 1 unspecified atom stereocenters. The second kappa shape index (κ2) is 4.84. The predicted molar refractivity (Wildman–Crippen MR) is 64.0 cm³/mol. The summed E-state index contributed by atoms with van der Waals surface area (Å²) >= 11 is 0. The Bertz CT molecular complexity index is 404. The fraction of sp³-hybridized carbons (Fsp3) is 0.462. The van der Waals surface area contributed by atoms with E-state index in [1.165, 1.54) is 12.1 Å². The lowest BCUT2D eigenvalue weighted by Crippen LogP contribution is -2.38. The molecule has 1 aliphatic heterocycles. The zero-order valence-electron chi connectivity index (χ0n) is 10.1. The summed E-state index contributed by atoms with van der Waals surface area (Å²) in [5.74, 6) is -0.100. The third-order valence-electron chi connectivity index (χ3n) is 3.25. The molecule has 1 saturated heterocycles. The van der Waals surface area contributed by atoms with Crippen molar-refractivity contribution in [1.29, 1.82) is 0 Å². The predicted octanol–water partition coefficient (Wildman–Crippen LogP) is 1.71. The van der Waals surface area contributed by atoms with E-state index in [9.17, 15) is 9.18 Å². The summed E-state index contributed by atoms with van der Waals surface area (Å²) in [5, 5.41) is 3.28. The van der Waals surface area contributed by atoms with E-state index in [1.807, 2.05) is 14.0 Å². The molecule has 0 saturated carbocycles. The molecule has 4 heteroatoms. The first-order valence-electron chi connectivity index (χ1n) is 5.84. The van der Waals surface area contributed by atoms with Gasteiger partial charge in [-0.05, 0) is 31.0 Å². The molecule has 2 atom stereocenters. The zero-order chi connectivity index (χ0) is 12.4. The van der Waals surface area contributed by atoms with Crippen LogP contribution >= 0.6 is 0 Å². The summed E-state index contributed by atoms with van der Waals surface area (Å²) in [7, 11) is 1.81.